The van der Waals surface area contributed by atoms with Crippen LogP contribution in [-0.4, -0.2) is 28.9 Å². The Labute approximate surface area is 148 Å². The molecule has 2 aliphatic rings. The number of hydrogen-bond donors (Lipinski definition) is 0. The maximum Gasteiger partial charge on any atom is 0.233 e. The van der Waals surface area contributed by atoms with Crippen LogP contribution in [0.5, 0.6) is 0 Å². The second kappa shape index (κ2) is 5.73. The number of aromatic nitrogens is 6. The van der Waals surface area contributed by atoms with Gasteiger partial charge in [0.25, 0.3) is 0 Å². The van der Waals surface area contributed by atoms with Gasteiger partial charge in [-0.3, -0.25) is 4.40 Å². The highest BCUT2D eigenvalue weighted by atomic mass is 19.1. The summed E-state index contributed by atoms with van der Waals surface area (Å²) >= 11 is 0. The lowest BCUT2D eigenvalue weighted by Gasteiger charge is -2.05. The van der Waals surface area contributed by atoms with Gasteiger partial charge in [-0.2, -0.15) is 0 Å². The van der Waals surface area contributed by atoms with E-state index in [1.165, 1.54) is 6.07 Å². The molecule has 2 aromatic heterocycles. The third-order valence-corrected chi connectivity index (χ3v) is 4.17. The highest BCUT2D eigenvalue weighted by Crippen LogP contribution is 2.26. The van der Waals surface area contributed by atoms with Gasteiger partial charge < -0.3 is 4.57 Å². The number of nitrogens with zero attached hydrogens (tertiary/aromatic N) is 6. The summed E-state index contributed by atoms with van der Waals surface area (Å²) in [5.74, 6) is 0.736. The van der Waals surface area contributed by atoms with Crippen LogP contribution in [0.4, 0.5) is 4.39 Å². The number of benzene rings is 1. The highest BCUT2D eigenvalue weighted by Gasteiger charge is 2.15. The van der Waals surface area contributed by atoms with Crippen molar-refractivity contribution in [1.29, 1.82) is 0 Å². The SMILES string of the molecule is Fc1ccccc1-c1nc2ccn(Cc3cn4cccnc4n3)cc-2n1. The summed E-state index contributed by atoms with van der Waals surface area (Å²) in [5, 5.41) is 0. The van der Waals surface area contributed by atoms with E-state index in [1.54, 1.807) is 24.4 Å². The topological polar surface area (TPSA) is 60.9 Å². The lowest BCUT2D eigenvalue weighted by atomic mass is 10.2. The van der Waals surface area contributed by atoms with E-state index >= 15 is 0 Å². The molecule has 6 nitrogen and oxygen atoms in total. The standard InChI is InChI=1S/C19H13FN6/c20-15-5-2-1-4-14(15)18-23-16-6-9-25(12-17(16)24-18)10-13-11-26-8-3-7-21-19(26)22-13/h1-9,11-12H,10H2. The molecule has 2 aliphatic heterocycles. The first kappa shape index (κ1) is 14.7. The summed E-state index contributed by atoms with van der Waals surface area (Å²) in [6.07, 6.45) is 9.38. The Hall–Kier alpha value is -3.61. The molecule has 0 aliphatic carbocycles. The van der Waals surface area contributed by atoms with Crippen LogP contribution >= 0.6 is 0 Å². The van der Waals surface area contributed by atoms with Crippen molar-refractivity contribution in [2.24, 2.45) is 0 Å². The van der Waals surface area contributed by atoms with Crippen molar-refractivity contribution in [2.75, 3.05) is 0 Å². The molecule has 0 unspecified atom stereocenters. The van der Waals surface area contributed by atoms with Crippen LogP contribution in [0.15, 0.2) is 67.4 Å². The molecule has 0 amide bonds. The van der Waals surface area contributed by atoms with Crippen molar-refractivity contribution in [3.8, 4) is 22.8 Å². The van der Waals surface area contributed by atoms with Crippen LogP contribution in [0.1, 0.15) is 5.69 Å². The van der Waals surface area contributed by atoms with E-state index in [1.807, 2.05) is 45.9 Å². The van der Waals surface area contributed by atoms with Gasteiger partial charge in [-0.1, -0.05) is 12.1 Å². The van der Waals surface area contributed by atoms with Crippen LogP contribution in [0, 0.1) is 5.82 Å². The van der Waals surface area contributed by atoms with E-state index in [0.717, 1.165) is 11.4 Å². The number of hydrogen-bond acceptors (Lipinski definition) is 4. The summed E-state index contributed by atoms with van der Waals surface area (Å²) < 4.78 is 17.8. The lowest BCUT2D eigenvalue weighted by Crippen LogP contribution is -2.01. The van der Waals surface area contributed by atoms with E-state index < -0.39 is 0 Å². The first-order valence-electron chi connectivity index (χ1n) is 8.13. The minimum absolute atomic E-state index is 0.326. The predicted molar refractivity (Wildman–Crippen MR) is 94.1 cm³/mol. The molecule has 4 heterocycles. The van der Waals surface area contributed by atoms with E-state index in [4.69, 9.17) is 0 Å². The molecule has 0 saturated heterocycles. The van der Waals surface area contributed by atoms with Gasteiger partial charge in [0.15, 0.2) is 5.82 Å². The van der Waals surface area contributed by atoms with Gasteiger partial charge in [0.2, 0.25) is 5.78 Å². The molecule has 26 heavy (non-hydrogen) atoms. The van der Waals surface area contributed by atoms with E-state index in [2.05, 4.69) is 19.9 Å². The van der Waals surface area contributed by atoms with E-state index in [0.29, 0.717) is 29.4 Å². The number of halogens is 1. The summed E-state index contributed by atoms with van der Waals surface area (Å²) in [4.78, 5) is 17.6. The minimum atomic E-state index is -0.326. The van der Waals surface area contributed by atoms with Crippen LogP contribution in [0.2, 0.25) is 0 Å². The van der Waals surface area contributed by atoms with Crippen LogP contribution in [0.25, 0.3) is 28.6 Å². The molecule has 0 atom stereocenters. The van der Waals surface area contributed by atoms with E-state index in [-0.39, 0.29) is 5.82 Å². The number of fused-ring (bicyclic) bond motifs is 2. The van der Waals surface area contributed by atoms with Crippen LogP contribution < -0.4 is 0 Å². The monoisotopic (exact) mass is 344 g/mol. The van der Waals surface area contributed by atoms with Gasteiger partial charge in [-0.25, -0.2) is 24.3 Å². The normalized spacial score (nSPS) is 11.4. The zero-order chi connectivity index (χ0) is 17.5. The molecular weight excluding hydrogens is 331 g/mol. The molecule has 0 saturated carbocycles. The summed E-state index contributed by atoms with van der Waals surface area (Å²) in [5.41, 5.74) is 2.74. The van der Waals surface area contributed by atoms with Crippen LogP contribution in [-0.2, 0) is 6.54 Å². The minimum Gasteiger partial charge on any atom is -0.346 e. The maximum absolute atomic E-state index is 14.0. The van der Waals surface area contributed by atoms with Gasteiger partial charge in [0, 0.05) is 31.0 Å². The molecule has 0 fully saturated rings. The number of pyridine rings is 1. The second-order valence-electron chi connectivity index (χ2n) is 5.97. The predicted octanol–water partition coefficient (Wildman–Crippen LogP) is 3.28. The lowest BCUT2D eigenvalue weighted by molar-refractivity contribution is 0.630. The van der Waals surface area contributed by atoms with Gasteiger partial charge in [-0.05, 0) is 24.3 Å². The molecule has 7 heteroatoms. The third-order valence-electron chi connectivity index (χ3n) is 4.17. The molecule has 0 bridgehead atoms. The number of imidazole rings is 2. The highest BCUT2D eigenvalue weighted by molar-refractivity contribution is 5.65. The molecule has 1 aromatic carbocycles. The Balaban J connectivity index is 1.50. The van der Waals surface area contributed by atoms with Crippen molar-refractivity contribution in [3.63, 3.8) is 0 Å². The fourth-order valence-corrected chi connectivity index (χ4v) is 2.96. The van der Waals surface area contributed by atoms with Gasteiger partial charge in [0.05, 0.1) is 23.5 Å². The van der Waals surface area contributed by atoms with Crippen LogP contribution in [0.3, 0.4) is 0 Å². The first-order valence-corrected chi connectivity index (χ1v) is 8.13. The Morgan fingerprint density at radius 2 is 1.77 bits per heavy atom. The number of rotatable bonds is 3. The fraction of sp³-hybridized carbons (Fsp3) is 0.0526. The average Bonchev–Trinajstić information content (AvgIpc) is 3.24. The Kier molecular flexibility index (Phi) is 3.24. The molecular formula is C19H13FN6. The smallest absolute Gasteiger partial charge is 0.233 e. The molecule has 3 aromatic rings. The van der Waals surface area contributed by atoms with Crippen molar-refractivity contribution in [2.45, 2.75) is 6.54 Å². The second-order valence-corrected chi connectivity index (χ2v) is 5.97. The maximum atomic E-state index is 14.0. The Morgan fingerprint density at radius 3 is 2.65 bits per heavy atom. The van der Waals surface area contributed by atoms with Gasteiger partial charge in [0.1, 0.15) is 11.5 Å². The summed E-state index contributed by atoms with van der Waals surface area (Å²) in [6.45, 7) is 0.585. The van der Waals surface area contributed by atoms with Gasteiger partial charge >= 0.3 is 0 Å². The third kappa shape index (κ3) is 2.50. The zero-order valence-electron chi connectivity index (χ0n) is 13.6. The van der Waals surface area contributed by atoms with Crippen molar-refractivity contribution in [1.82, 2.24) is 28.9 Å². The van der Waals surface area contributed by atoms with Gasteiger partial charge in [-0.15, -0.1) is 0 Å². The van der Waals surface area contributed by atoms with Crippen molar-refractivity contribution in [3.05, 3.63) is 78.9 Å². The summed E-state index contributed by atoms with van der Waals surface area (Å²) in [7, 11) is 0. The van der Waals surface area contributed by atoms with Crippen molar-refractivity contribution < 1.29 is 4.39 Å². The molecule has 126 valence electrons. The fourth-order valence-electron chi connectivity index (χ4n) is 2.96. The Bertz CT molecular complexity index is 1160. The molecule has 5 rings (SSSR count). The molecule has 0 radical (unpaired) electrons. The Morgan fingerprint density at radius 1 is 0.885 bits per heavy atom. The first-order chi connectivity index (χ1) is 12.8. The molecule has 0 spiro atoms. The quantitative estimate of drug-likeness (QED) is 0.504. The largest absolute Gasteiger partial charge is 0.346 e. The summed E-state index contributed by atoms with van der Waals surface area (Å²) in [6, 6.07) is 10.3. The average molecular weight is 344 g/mol. The van der Waals surface area contributed by atoms with E-state index in [9.17, 15) is 4.39 Å². The van der Waals surface area contributed by atoms with Crippen molar-refractivity contribution >= 4 is 5.78 Å². The zero-order valence-corrected chi connectivity index (χ0v) is 13.6. The molecule has 0 N–H and O–H groups in total.